The number of hydrogen-bond acceptors (Lipinski definition) is 4. The molecule has 28 heavy (non-hydrogen) atoms. The van der Waals surface area contributed by atoms with Crippen LogP contribution in [0.15, 0.2) is 53.5 Å². The van der Waals surface area contributed by atoms with E-state index in [1.165, 1.54) is 12.3 Å². The number of ether oxygens (including phenoxy) is 2. The quantitative estimate of drug-likeness (QED) is 0.649. The van der Waals surface area contributed by atoms with Crippen LogP contribution in [0, 0.1) is 0 Å². The van der Waals surface area contributed by atoms with Crippen LogP contribution in [0.4, 0.5) is 23.2 Å². The van der Waals surface area contributed by atoms with Crippen molar-refractivity contribution in [3.05, 3.63) is 64.4 Å². The number of para-hydroxylation sites is 1. The van der Waals surface area contributed by atoms with E-state index < -0.39 is 35.1 Å². The minimum atomic E-state index is -4.88. The van der Waals surface area contributed by atoms with Gasteiger partial charge < -0.3 is 19.8 Å². The fourth-order valence-corrected chi connectivity index (χ4v) is 2.68. The Kier molecular flexibility index (Phi) is 3.81. The van der Waals surface area contributed by atoms with E-state index in [1.807, 2.05) is 0 Å². The monoisotopic (exact) mass is 394 g/mol. The van der Waals surface area contributed by atoms with Crippen LogP contribution in [-0.2, 0) is 0 Å². The molecule has 0 saturated heterocycles. The molecule has 0 saturated carbocycles. The Bertz CT molecular complexity index is 1160. The maximum absolute atomic E-state index is 13.3. The summed E-state index contributed by atoms with van der Waals surface area (Å²) in [4.78, 5) is 27.7. The van der Waals surface area contributed by atoms with Crippen LogP contribution in [0.25, 0.3) is 10.9 Å². The van der Waals surface area contributed by atoms with E-state index in [1.54, 1.807) is 18.2 Å². The number of aromatic nitrogens is 1. The number of fused-ring (bicyclic) bond motifs is 2. The van der Waals surface area contributed by atoms with Crippen molar-refractivity contribution in [2.45, 2.75) is 12.2 Å². The third kappa shape index (κ3) is 2.82. The first kappa shape index (κ1) is 17.8. The van der Waals surface area contributed by atoms with Gasteiger partial charge >= 0.3 is 12.2 Å². The van der Waals surface area contributed by atoms with Gasteiger partial charge in [0.2, 0.25) is 5.43 Å². The molecule has 2 N–H and O–H groups in total. The van der Waals surface area contributed by atoms with Crippen molar-refractivity contribution in [2.24, 2.45) is 0 Å². The third-order valence-electron chi connectivity index (χ3n) is 4.05. The van der Waals surface area contributed by atoms with Gasteiger partial charge in [-0.15, -0.1) is 0 Å². The highest BCUT2D eigenvalue weighted by Crippen LogP contribution is 2.47. The molecule has 2 heterocycles. The lowest BCUT2D eigenvalue weighted by Gasteiger charge is -2.31. The summed E-state index contributed by atoms with van der Waals surface area (Å²) in [5.41, 5.74) is -0.270. The SMILES string of the molecule is O=C(Nc1ccc2c(c1)OC(F)(F)C(F)(F)O2)c1c[nH]c2ccccc2c1=O. The van der Waals surface area contributed by atoms with E-state index >= 15 is 0 Å². The van der Waals surface area contributed by atoms with Gasteiger partial charge in [0.1, 0.15) is 5.56 Å². The van der Waals surface area contributed by atoms with Crippen LogP contribution in [0.2, 0.25) is 0 Å². The van der Waals surface area contributed by atoms with Crippen LogP contribution < -0.4 is 20.2 Å². The number of rotatable bonds is 2. The number of pyridine rings is 1. The molecule has 6 nitrogen and oxygen atoms in total. The fourth-order valence-electron chi connectivity index (χ4n) is 2.68. The van der Waals surface area contributed by atoms with Crippen LogP contribution in [-0.4, -0.2) is 23.1 Å². The molecule has 0 unspecified atom stereocenters. The largest absolute Gasteiger partial charge is 0.507 e. The molecular formula is C18H10F4N2O4. The summed E-state index contributed by atoms with van der Waals surface area (Å²) in [5, 5.41) is 2.63. The molecule has 1 amide bonds. The molecule has 144 valence electrons. The molecule has 4 rings (SSSR count). The minimum absolute atomic E-state index is 0.0547. The first-order valence-electron chi connectivity index (χ1n) is 7.87. The van der Waals surface area contributed by atoms with Gasteiger partial charge in [0.25, 0.3) is 5.91 Å². The second kappa shape index (κ2) is 5.98. The molecule has 0 atom stereocenters. The maximum Gasteiger partial charge on any atom is 0.507 e. The van der Waals surface area contributed by atoms with Gasteiger partial charge in [-0.1, -0.05) is 12.1 Å². The molecule has 1 aromatic heterocycles. The number of nitrogens with one attached hydrogen (secondary N) is 2. The summed E-state index contributed by atoms with van der Waals surface area (Å²) in [6, 6.07) is 9.54. The number of hydrogen-bond donors (Lipinski definition) is 2. The summed E-state index contributed by atoms with van der Waals surface area (Å²) < 4.78 is 60.9. The summed E-state index contributed by atoms with van der Waals surface area (Å²) in [6.45, 7) is 0. The Balaban J connectivity index is 1.63. The normalized spacial score (nSPS) is 16.6. The Hall–Kier alpha value is -3.56. The highest BCUT2D eigenvalue weighted by atomic mass is 19.3. The van der Waals surface area contributed by atoms with E-state index in [2.05, 4.69) is 19.8 Å². The third-order valence-corrected chi connectivity index (χ3v) is 4.05. The molecule has 0 fully saturated rings. The molecule has 1 aliphatic rings. The van der Waals surface area contributed by atoms with Gasteiger partial charge in [-0.2, -0.15) is 17.6 Å². The number of carbonyl (C=O) groups excluding carboxylic acids is 1. The first-order chi connectivity index (χ1) is 13.2. The van der Waals surface area contributed by atoms with Crippen molar-refractivity contribution in [1.29, 1.82) is 0 Å². The van der Waals surface area contributed by atoms with Crippen molar-refractivity contribution < 1.29 is 31.8 Å². The highest BCUT2D eigenvalue weighted by molar-refractivity contribution is 6.05. The zero-order valence-corrected chi connectivity index (χ0v) is 13.8. The molecule has 0 bridgehead atoms. The van der Waals surface area contributed by atoms with E-state index in [0.29, 0.717) is 10.9 Å². The second-order valence-electron chi connectivity index (χ2n) is 5.93. The topological polar surface area (TPSA) is 80.4 Å². The second-order valence-corrected chi connectivity index (χ2v) is 5.93. The molecular weight excluding hydrogens is 384 g/mol. The molecule has 0 radical (unpaired) electrons. The fraction of sp³-hybridized carbons (Fsp3) is 0.111. The Labute approximate surface area is 153 Å². The van der Waals surface area contributed by atoms with Crippen molar-refractivity contribution >= 4 is 22.5 Å². The average molecular weight is 394 g/mol. The number of amides is 1. The van der Waals surface area contributed by atoms with E-state index in [0.717, 1.165) is 18.2 Å². The van der Waals surface area contributed by atoms with Gasteiger partial charge in [0, 0.05) is 28.9 Å². The molecule has 3 aromatic rings. The Morgan fingerprint density at radius 3 is 2.39 bits per heavy atom. The predicted octanol–water partition coefficient (Wildman–Crippen LogP) is 3.74. The van der Waals surface area contributed by atoms with Crippen molar-refractivity contribution in [1.82, 2.24) is 4.98 Å². The number of alkyl halides is 4. The number of H-pyrrole nitrogens is 1. The van der Waals surface area contributed by atoms with Gasteiger partial charge in [-0.25, -0.2) is 0 Å². The highest BCUT2D eigenvalue weighted by Gasteiger charge is 2.65. The smallest absolute Gasteiger partial charge is 0.421 e. The number of carbonyl (C=O) groups is 1. The summed E-state index contributed by atoms with van der Waals surface area (Å²) in [5.74, 6) is -2.11. The summed E-state index contributed by atoms with van der Waals surface area (Å²) in [6.07, 6.45) is -8.49. The lowest BCUT2D eigenvalue weighted by atomic mass is 10.1. The van der Waals surface area contributed by atoms with Gasteiger partial charge in [-0.3, -0.25) is 9.59 Å². The average Bonchev–Trinajstić information content (AvgIpc) is 2.63. The zero-order valence-electron chi connectivity index (χ0n) is 13.8. The lowest BCUT2D eigenvalue weighted by Crippen LogP contribution is -2.52. The van der Waals surface area contributed by atoms with Crippen molar-refractivity contribution in [3.8, 4) is 11.5 Å². The molecule has 10 heteroatoms. The van der Waals surface area contributed by atoms with E-state index in [9.17, 15) is 27.2 Å². The van der Waals surface area contributed by atoms with E-state index in [-0.39, 0.29) is 11.3 Å². The number of aromatic amines is 1. The predicted molar refractivity (Wildman–Crippen MR) is 90.1 cm³/mol. The number of halogens is 4. The van der Waals surface area contributed by atoms with Crippen LogP contribution in [0.1, 0.15) is 10.4 Å². The molecule has 1 aliphatic heterocycles. The van der Waals surface area contributed by atoms with E-state index in [4.69, 9.17) is 0 Å². The molecule has 0 spiro atoms. The summed E-state index contributed by atoms with van der Waals surface area (Å²) in [7, 11) is 0. The van der Waals surface area contributed by atoms with Crippen molar-refractivity contribution in [3.63, 3.8) is 0 Å². The van der Waals surface area contributed by atoms with Crippen molar-refractivity contribution in [2.75, 3.05) is 5.32 Å². The van der Waals surface area contributed by atoms with Gasteiger partial charge in [0.15, 0.2) is 11.5 Å². The molecule has 2 aromatic carbocycles. The Morgan fingerprint density at radius 1 is 0.964 bits per heavy atom. The Morgan fingerprint density at radius 2 is 1.64 bits per heavy atom. The minimum Gasteiger partial charge on any atom is -0.421 e. The molecule has 0 aliphatic carbocycles. The van der Waals surface area contributed by atoms with Crippen LogP contribution in [0.3, 0.4) is 0 Å². The van der Waals surface area contributed by atoms with Gasteiger partial charge in [-0.05, 0) is 24.3 Å². The number of benzene rings is 2. The van der Waals surface area contributed by atoms with Crippen LogP contribution in [0.5, 0.6) is 11.5 Å². The summed E-state index contributed by atoms with van der Waals surface area (Å²) >= 11 is 0. The zero-order chi connectivity index (χ0) is 20.1. The first-order valence-corrected chi connectivity index (χ1v) is 7.87. The van der Waals surface area contributed by atoms with Gasteiger partial charge in [0.05, 0.1) is 0 Å². The standard InChI is InChI=1S/C18H10F4N2O4/c19-17(20)18(21,22)28-14-7-9(5-6-13(14)27-17)24-16(26)11-8-23-12-4-2-1-3-10(12)15(11)25/h1-8H,(H,23,25)(H,24,26). The van der Waals surface area contributed by atoms with Crippen LogP contribution >= 0.6 is 0 Å². The number of anilines is 1. The lowest BCUT2D eigenvalue weighted by molar-refractivity contribution is -0.391. The maximum atomic E-state index is 13.3.